The van der Waals surface area contributed by atoms with Crippen LogP contribution in [-0.4, -0.2) is 86.0 Å². The van der Waals surface area contributed by atoms with E-state index in [4.69, 9.17) is 17.1 Å². The Labute approximate surface area is 778 Å². The molecule has 2 N–H and O–H groups in total. The third kappa shape index (κ3) is 32.5. The number of hydrogen-bond acceptors (Lipinski definition) is 16. The molecule has 0 amide bonds. The van der Waals surface area contributed by atoms with E-state index in [1.807, 2.05) is 200 Å². The first-order valence-electron chi connectivity index (χ1n) is 37.7. The van der Waals surface area contributed by atoms with Gasteiger partial charge in [0, 0.05) is 162 Å². The van der Waals surface area contributed by atoms with Crippen LogP contribution in [0.15, 0.2) is 335 Å². The molecule has 2 aliphatic heterocycles. The molecule has 0 unspecified atom stereocenters. The molecule has 3 radical (unpaired) electrons. The largest absolute Gasteiger partial charge is 3.00 e. The average molecular weight is 2520 g/mol. The molecule has 0 bridgehead atoms. The number of fused-ring (bicyclic) bond motifs is 2. The summed E-state index contributed by atoms with van der Waals surface area (Å²) in [5.74, 6) is -2.87. The van der Waals surface area contributed by atoms with E-state index in [1.54, 1.807) is 91.0 Å². The molecule has 621 valence electrons. The van der Waals surface area contributed by atoms with Gasteiger partial charge in [-0.3, -0.25) is 32.3 Å². The number of aromatic nitrogens is 10. The van der Waals surface area contributed by atoms with Crippen LogP contribution in [0.2, 0.25) is 0 Å². The molecule has 0 aliphatic carbocycles. The Balaban J connectivity index is 0.000000257. The Morgan fingerprint density at radius 3 is 1.45 bits per heavy atom. The summed E-state index contributed by atoms with van der Waals surface area (Å²) in [5.41, 5.74) is 9.85. The number of aromatic carboxylic acids is 1. The van der Waals surface area contributed by atoms with Gasteiger partial charge in [-0.05, 0) is 140 Å². The summed E-state index contributed by atoms with van der Waals surface area (Å²) < 4.78 is 92.1. The summed E-state index contributed by atoms with van der Waals surface area (Å²) in [4.78, 5) is 53.5. The molecule has 18 nitrogen and oxygen atoms in total. The first kappa shape index (κ1) is 91.7. The minimum Gasteiger partial charge on any atom is -0.574 e. The van der Waals surface area contributed by atoms with Gasteiger partial charge >= 0.3 is 46.2 Å². The van der Waals surface area contributed by atoms with Crippen LogP contribution in [-0.2, 0) is 105 Å². The van der Waals surface area contributed by atoms with Crippen molar-refractivity contribution in [3.63, 3.8) is 0 Å². The number of pyridine rings is 6. The van der Waals surface area contributed by atoms with Crippen molar-refractivity contribution in [2.45, 2.75) is 20.8 Å². The van der Waals surface area contributed by atoms with Gasteiger partial charge in [0.15, 0.2) is 5.78 Å². The molecule has 9 aromatic heterocycles. The fraction of sp³-hybridized carbons (Fsp3) is 0.0538. The van der Waals surface area contributed by atoms with Crippen molar-refractivity contribution in [3.8, 4) is 67.0 Å². The number of carbonyl (C=O) groups excluding carboxylic acids is 1. The van der Waals surface area contributed by atoms with E-state index in [-0.39, 0.29) is 165 Å². The van der Waals surface area contributed by atoms with E-state index >= 15 is 0 Å². The SMILES string of the molecule is CC(=O)C=C(C)O.CN1C=CN(c2[c-]cc(F)cc2)[CH-]1.CN1C=CN(c2[c-]cc(F)cc2)[CH-]1.Fc1c[c-]c(-c2ccccn2)c(F)c1.O=C(O)c1ccccn1.[2H]c1c([2H])c([2H])c(-c2cnc(-c3[c-]ccc4ccccc34)cc2C)c([2H])c1[2H].[Ir+3].[Ir+3].[Ir].[Ir].[Ir].[c-]1c(-c2ccccn2)sc2ccccc12.c1ccc(-c2ccn[n-]2)nc1.c1ccc(-c2ccn[n-]2)nc1. The third-order valence-corrected chi connectivity index (χ3v) is 16.7. The number of aliphatic hydroxyl groups excluding tert-OH is 1. The summed E-state index contributed by atoms with van der Waals surface area (Å²) in [7, 11) is 3.86. The van der Waals surface area contributed by atoms with Crippen molar-refractivity contribution in [2.24, 2.45) is 0 Å². The number of carboxylic acids is 1. The van der Waals surface area contributed by atoms with Gasteiger partial charge in [0.2, 0.25) is 0 Å². The molecule has 16 aromatic rings. The molecule has 11 heterocycles. The number of hydrogen-bond donors (Lipinski definition) is 2. The number of carboxylic acid groups (broad SMARTS) is 1. The quantitative estimate of drug-likeness (QED) is 0.0563. The van der Waals surface area contributed by atoms with Crippen molar-refractivity contribution in [1.82, 2.24) is 60.1 Å². The predicted molar refractivity (Wildman–Crippen MR) is 446 cm³/mol. The van der Waals surface area contributed by atoms with E-state index in [0.717, 1.165) is 84.4 Å². The van der Waals surface area contributed by atoms with Crippen molar-refractivity contribution < 1.29 is 145 Å². The summed E-state index contributed by atoms with van der Waals surface area (Å²) in [6, 6.07) is 76.9. The van der Waals surface area contributed by atoms with Gasteiger partial charge < -0.3 is 65.2 Å². The number of allylic oxidation sites excluding steroid dienone is 2. The number of benzene rings is 7. The molecular weight excluding hydrogens is 2450 g/mol. The van der Waals surface area contributed by atoms with Gasteiger partial charge in [0.25, 0.3) is 0 Å². The van der Waals surface area contributed by atoms with Gasteiger partial charge in [-0.25, -0.2) is 21.1 Å². The van der Waals surface area contributed by atoms with Crippen LogP contribution < -0.4 is 20.0 Å². The smallest absolute Gasteiger partial charge is 0.574 e. The van der Waals surface area contributed by atoms with E-state index < -0.39 is 23.6 Å². The number of aliphatic hydroxyl groups is 1. The van der Waals surface area contributed by atoms with Gasteiger partial charge in [-0.15, -0.1) is 113 Å². The van der Waals surface area contributed by atoms with Crippen LogP contribution in [0.25, 0.3) is 87.8 Å². The van der Waals surface area contributed by atoms with Crippen molar-refractivity contribution in [1.29, 1.82) is 0 Å². The summed E-state index contributed by atoms with van der Waals surface area (Å²) >= 11 is 1.73. The van der Waals surface area contributed by atoms with Crippen LogP contribution in [0.1, 0.15) is 36.8 Å². The fourth-order valence-electron chi connectivity index (χ4n) is 10.2. The Bertz CT molecular complexity index is 5900. The molecule has 0 saturated carbocycles. The van der Waals surface area contributed by atoms with E-state index in [0.29, 0.717) is 11.3 Å². The molecule has 7 aromatic carbocycles. The van der Waals surface area contributed by atoms with E-state index in [1.165, 1.54) is 66.5 Å². The third-order valence-electron chi connectivity index (χ3n) is 15.6. The molecule has 18 rings (SSSR count). The Morgan fingerprint density at radius 2 is 1.02 bits per heavy atom. The maximum Gasteiger partial charge on any atom is 3.00 e. The van der Waals surface area contributed by atoms with Crippen LogP contribution in [0.3, 0.4) is 0 Å². The number of carbonyl (C=O) groups is 2. The van der Waals surface area contributed by atoms with Gasteiger partial charge in [0.05, 0.1) is 12.6 Å². The summed E-state index contributed by atoms with van der Waals surface area (Å²) in [6.45, 7) is 8.49. The zero-order valence-electron chi connectivity index (χ0n) is 69.5. The number of thiophene rings is 1. The number of halogens is 4. The van der Waals surface area contributed by atoms with Crippen LogP contribution >= 0.6 is 11.3 Å². The normalized spacial score (nSPS) is 11.6. The zero-order valence-corrected chi connectivity index (χ0v) is 77.3. The molecule has 0 spiro atoms. The zero-order chi connectivity index (χ0) is 86.2. The minimum absolute atomic E-state index is 0. The van der Waals surface area contributed by atoms with Gasteiger partial charge in [0.1, 0.15) is 5.69 Å². The summed E-state index contributed by atoms with van der Waals surface area (Å²) in [5, 5.41) is 35.1. The van der Waals surface area contributed by atoms with Gasteiger partial charge in [-0.2, -0.15) is 25.5 Å². The van der Waals surface area contributed by atoms with Crippen molar-refractivity contribution in [2.75, 3.05) is 23.9 Å². The Morgan fingerprint density at radius 1 is 0.512 bits per heavy atom. The Hall–Kier alpha value is -11.6. The number of rotatable bonds is 10. The van der Waals surface area contributed by atoms with Crippen LogP contribution in [0, 0.1) is 73.9 Å². The number of anilines is 2. The molecule has 0 atom stereocenters. The van der Waals surface area contributed by atoms with E-state index in [9.17, 15) is 27.2 Å². The fourth-order valence-corrected chi connectivity index (χ4v) is 11.2. The molecule has 0 saturated heterocycles. The number of ketones is 1. The second kappa shape index (κ2) is 53.1. The number of nitrogens with zero attached hydrogens (tertiary/aromatic N) is 14. The topological polar surface area (TPSA) is 219 Å². The second-order valence-corrected chi connectivity index (χ2v) is 25.3. The number of aryl methyl sites for hydroxylation is 1. The maximum absolute atomic E-state index is 13.2. The molecule has 0 fully saturated rings. The van der Waals surface area contributed by atoms with Crippen LogP contribution in [0.4, 0.5) is 28.9 Å². The molecule has 121 heavy (non-hydrogen) atoms. The van der Waals surface area contributed by atoms with Crippen LogP contribution in [0.5, 0.6) is 0 Å². The standard InChI is InChI=1S/C22H16N.C13H8NS.C11H6F2N.2C10H9FN2.2C8H6N3.C6H5NO2.C5H8O2.5Ir/c1-16-14-22(23-15-21(16)18-8-3-2-4-9-18)20-13-7-11-17-10-5-6-12-19(17)20;1-2-7-12-10(5-1)9-13(15-12)11-6-3-4-8-14-11;12-8-4-5-9(10(13)7-8)11-3-1-2-6-14-11;2*1-12-6-7-13(8-12)10-4-2-9(11)3-5-10;2*1-2-5-9-7(3-1)8-4-6-10-11-8;8-6(9)5-3-1-2-4-7-5;1-4(6)3-5(2)7;;;;;/h2-12,14-15H,1H3;1-8H;1-4,6-7H;2*2-4,6-8H,1H3;2*1-6H;1-4H,(H,8,9);3,6H,1-2H3;;;;;/q3*-1;2*-2;2*-1;;;;;;2*+3/i2D,3D,4D,8D,9D;;;;;;;;;;;;;. The second-order valence-electron chi connectivity index (χ2n) is 24.3. The van der Waals surface area contributed by atoms with E-state index in [2.05, 4.69) is 98.8 Å². The Kier molecular flexibility index (Phi) is 40.3. The van der Waals surface area contributed by atoms with Gasteiger partial charge in [-0.1, -0.05) is 156 Å². The average Bonchev–Trinajstić information content (AvgIpc) is 1.03. The molecule has 28 heteroatoms. The van der Waals surface area contributed by atoms with Crippen molar-refractivity contribution >= 4 is 55.3 Å². The first-order valence-corrected chi connectivity index (χ1v) is 36.0. The first-order chi connectivity index (χ1) is 58.5. The predicted octanol–water partition coefficient (Wildman–Crippen LogP) is 20.2. The maximum atomic E-state index is 13.2. The summed E-state index contributed by atoms with van der Waals surface area (Å²) in [6.07, 6.45) is 22.0. The monoisotopic (exact) mass is 2530 g/mol. The minimum atomic E-state index is -0.990. The molecule has 2 aliphatic rings. The van der Waals surface area contributed by atoms with Crippen molar-refractivity contribution in [3.05, 3.63) is 413 Å². The molecular formula is C93H73F4Ir5N14O4S-3.